The SMILES string of the molecule is C1CCN(P(N2CCCC2)N2CCCC2)C1.NP(N=P(N1CCCC1)(N1CCCC1)N1CCCC1)N[P+](N1CCCC1)(N1CCCC1)N1CCCC1. The zero-order valence-corrected chi connectivity index (χ0v) is 36.4. The van der Waals surface area contributed by atoms with E-state index in [-0.39, 0.29) is 8.37 Å². The van der Waals surface area contributed by atoms with Crippen LogP contribution in [0.15, 0.2) is 4.52 Å². The van der Waals surface area contributed by atoms with Crippen LogP contribution in [0.3, 0.4) is 0 Å². The van der Waals surface area contributed by atoms with Gasteiger partial charge in [-0.1, -0.05) is 4.86 Å². The van der Waals surface area contributed by atoms with Gasteiger partial charge < -0.3 is 0 Å². The maximum atomic E-state index is 7.33. The summed E-state index contributed by atoms with van der Waals surface area (Å²) in [5.41, 5.74) is 7.33. The van der Waals surface area contributed by atoms with E-state index in [2.05, 4.69) is 46.9 Å². The Morgan fingerprint density at radius 1 is 0.385 bits per heavy atom. The monoisotopic (exact) mass is 800 g/mol. The number of nitrogens with zero attached hydrogens (tertiary/aromatic N) is 10. The molecule has 0 spiro atoms. The van der Waals surface area contributed by atoms with Gasteiger partial charge in [-0.2, -0.15) is 0 Å². The van der Waals surface area contributed by atoms with Gasteiger partial charge in [0.25, 0.3) is 0 Å². The number of nitrogens with one attached hydrogen (secondary N) is 1. The lowest BCUT2D eigenvalue weighted by Gasteiger charge is -2.47. The average molecular weight is 800 g/mol. The summed E-state index contributed by atoms with van der Waals surface area (Å²) >= 11 is 0. The smallest absolute Gasteiger partial charge is 0.276 e. The molecule has 1 unspecified atom stereocenters. The molecule has 9 fully saturated rings. The Labute approximate surface area is 321 Å². The van der Waals surface area contributed by atoms with Crippen molar-refractivity contribution < 1.29 is 0 Å². The normalized spacial score (nSPS) is 29.8. The average Bonchev–Trinajstić information content (AvgIpc) is 4.04. The Morgan fingerprint density at radius 2 is 0.635 bits per heavy atom. The number of rotatable bonds is 12. The maximum absolute atomic E-state index is 7.33. The van der Waals surface area contributed by atoms with Gasteiger partial charge in [-0.05, 0) is 116 Å². The first-order chi connectivity index (χ1) is 25.7. The van der Waals surface area contributed by atoms with E-state index in [1.54, 1.807) is 0 Å². The van der Waals surface area contributed by atoms with Crippen LogP contribution in [-0.2, 0) is 0 Å². The summed E-state index contributed by atoms with van der Waals surface area (Å²) in [5.74, 6) is 0. The van der Waals surface area contributed by atoms with E-state index in [1.165, 1.54) is 233 Å². The van der Waals surface area contributed by atoms with Crippen LogP contribution < -0.4 is 10.4 Å². The Morgan fingerprint density at radius 3 is 0.923 bits per heavy atom. The predicted octanol–water partition coefficient (Wildman–Crippen LogP) is 7.46. The molecule has 12 nitrogen and oxygen atoms in total. The molecule has 0 amide bonds. The molecule has 9 aliphatic rings. The second-order valence-electron chi connectivity index (χ2n) is 16.9. The Kier molecular flexibility index (Phi) is 14.7. The van der Waals surface area contributed by atoms with Crippen molar-refractivity contribution in [3.63, 3.8) is 0 Å². The summed E-state index contributed by atoms with van der Waals surface area (Å²) in [6.45, 7) is 22.7. The van der Waals surface area contributed by atoms with Gasteiger partial charge in [0, 0.05) is 118 Å². The second kappa shape index (κ2) is 19.2. The number of nitrogens with two attached hydrogens (primary N) is 1. The summed E-state index contributed by atoms with van der Waals surface area (Å²) in [4.78, 5) is 4.29. The summed E-state index contributed by atoms with van der Waals surface area (Å²) < 4.78 is 31.4. The van der Waals surface area contributed by atoms with E-state index in [4.69, 9.17) is 10.0 Å². The van der Waals surface area contributed by atoms with E-state index in [0.717, 1.165) is 0 Å². The lowest BCUT2D eigenvalue weighted by atomic mass is 10.4. The van der Waals surface area contributed by atoms with Crippen LogP contribution in [0, 0.1) is 0 Å². The lowest BCUT2D eigenvalue weighted by Crippen LogP contribution is -2.48. The highest BCUT2D eigenvalue weighted by Crippen LogP contribution is 2.73. The van der Waals surface area contributed by atoms with Crippen molar-refractivity contribution >= 4 is 32.1 Å². The highest BCUT2D eigenvalue weighted by molar-refractivity contribution is 7.78. The summed E-state index contributed by atoms with van der Waals surface area (Å²) in [6, 6.07) is 0. The summed E-state index contributed by atoms with van der Waals surface area (Å²) in [5, 5.41) is 0. The van der Waals surface area contributed by atoms with E-state index in [1.807, 2.05) is 0 Å². The van der Waals surface area contributed by atoms with Crippen LogP contribution in [0.4, 0.5) is 0 Å². The third-order valence-electron chi connectivity index (χ3n) is 13.3. The van der Waals surface area contributed by atoms with Crippen LogP contribution in [0.2, 0.25) is 0 Å². The third kappa shape index (κ3) is 8.60. The standard InChI is InChI=1S/C24H51N9P3.C12H24N3P/c25-34(26-35(28-13-1-2-14-28,29-15-3-4-16-29)30-17-5-6-18-30)27-36(31-19-7-8-20-31,32-21-9-10-22-32)33-23-11-12-24-33;1-2-8-13(7-1)16(14-9-3-4-10-14)15-11-5-6-12-15/h26H,1-25H2;1-12H2/q+1;. The number of hydrogen-bond donors (Lipinski definition) is 2. The van der Waals surface area contributed by atoms with Crippen molar-refractivity contribution in [1.82, 2.24) is 46.9 Å². The molecule has 298 valence electrons. The molecule has 0 aromatic rings. The summed E-state index contributed by atoms with van der Waals surface area (Å²) in [7, 11) is -4.99. The molecule has 3 N–H and O–H groups in total. The van der Waals surface area contributed by atoms with Gasteiger partial charge >= 0.3 is 7.87 Å². The summed E-state index contributed by atoms with van der Waals surface area (Å²) in [6.07, 6.45) is 24.5. The van der Waals surface area contributed by atoms with Crippen LogP contribution in [-0.4, -0.2) is 160 Å². The molecule has 9 saturated heterocycles. The Balaban J connectivity index is 0.000000201. The molecule has 0 bridgehead atoms. The quantitative estimate of drug-likeness (QED) is 0.193. The molecule has 0 saturated carbocycles. The van der Waals surface area contributed by atoms with Gasteiger partial charge in [-0.25, -0.2) is 18.5 Å². The van der Waals surface area contributed by atoms with Crippen LogP contribution in [0.1, 0.15) is 116 Å². The second-order valence-corrected chi connectivity index (χ2v) is 26.9. The Bertz CT molecular complexity index is 1010. The number of hydrogen-bond acceptors (Lipinski definition) is 9. The lowest BCUT2D eigenvalue weighted by molar-refractivity contribution is 0.368. The molecule has 9 rings (SSSR count). The zero-order chi connectivity index (χ0) is 35.2. The van der Waals surface area contributed by atoms with E-state index in [0.29, 0.717) is 0 Å². The van der Waals surface area contributed by atoms with E-state index < -0.39 is 23.7 Å². The van der Waals surface area contributed by atoms with E-state index >= 15 is 0 Å². The molecule has 52 heavy (non-hydrogen) atoms. The Hall–Kier alpha value is 1.08. The predicted molar refractivity (Wildman–Crippen MR) is 225 cm³/mol. The van der Waals surface area contributed by atoms with Gasteiger partial charge in [-0.3, -0.25) is 19.5 Å². The minimum absolute atomic E-state index is 0.0640. The molecule has 0 aliphatic carbocycles. The third-order valence-corrected chi connectivity index (χ3v) is 26.7. The molecule has 16 heteroatoms. The first-order valence-corrected chi connectivity index (χ1v) is 27.9. The molecule has 9 aliphatic heterocycles. The molecule has 1 atom stereocenters. The first-order valence-electron chi connectivity index (χ1n) is 22.1. The molecule has 9 heterocycles. The fraction of sp³-hybridized carbons (Fsp3) is 1.00. The molecular weight excluding hydrogens is 724 g/mol. The van der Waals surface area contributed by atoms with Crippen molar-refractivity contribution in [1.29, 1.82) is 0 Å². The van der Waals surface area contributed by atoms with Gasteiger partial charge in [0.2, 0.25) is 8.37 Å². The van der Waals surface area contributed by atoms with Gasteiger partial charge in [0.05, 0.1) is 0 Å². The minimum atomic E-state index is -1.95. The highest BCUT2D eigenvalue weighted by Gasteiger charge is 2.60. The van der Waals surface area contributed by atoms with Crippen molar-refractivity contribution in [3.8, 4) is 0 Å². The van der Waals surface area contributed by atoms with Gasteiger partial charge in [-0.15, -0.1) is 14.0 Å². The topological polar surface area (TPSA) is 79.6 Å². The van der Waals surface area contributed by atoms with Gasteiger partial charge in [0.1, 0.15) is 8.37 Å². The van der Waals surface area contributed by atoms with Crippen molar-refractivity contribution in [2.45, 2.75) is 116 Å². The zero-order valence-electron chi connectivity index (χ0n) is 32.8. The van der Waals surface area contributed by atoms with E-state index in [9.17, 15) is 0 Å². The van der Waals surface area contributed by atoms with Crippen LogP contribution in [0.5, 0.6) is 0 Å². The first kappa shape index (κ1) is 39.9. The minimum Gasteiger partial charge on any atom is -0.276 e. The largest absolute Gasteiger partial charge is 0.312 e. The van der Waals surface area contributed by atoms with Crippen LogP contribution in [0.25, 0.3) is 0 Å². The molecule has 0 radical (unpaired) electrons. The van der Waals surface area contributed by atoms with Crippen molar-refractivity contribution in [3.05, 3.63) is 0 Å². The molecule has 0 aromatic heterocycles. The van der Waals surface area contributed by atoms with Crippen molar-refractivity contribution in [2.75, 3.05) is 118 Å². The van der Waals surface area contributed by atoms with Crippen LogP contribution >= 0.6 is 32.1 Å². The van der Waals surface area contributed by atoms with Crippen molar-refractivity contribution in [2.24, 2.45) is 10.0 Å². The molecular formula is C36H75N12P4+. The molecule has 0 aromatic carbocycles. The fourth-order valence-corrected chi connectivity index (χ4v) is 26.4. The maximum Gasteiger partial charge on any atom is 0.312 e. The fourth-order valence-electron chi connectivity index (χ4n) is 10.7. The highest BCUT2D eigenvalue weighted by atomic mass is 31.3. The van der Waals surface area contributed by atoms with Gasteiger partial charge in [0.15, 0.2) is 7.51 Å².